The van der Waals surface area contributed by atoms with Crippen molar-refractivity contribution in [2.24, 2.45) is 0 Å². The second-order valence-electron chi connectivity index (χ2n) is 4.52. The average molecular weight is 322 g/mol. The fraction of sp³-hybridized carbons (Fsp3) is 0.417. The molecule has 0 aromatic heterocycles. The van der Waals surface area contributed by atoms with Crippen molar-refractivity contribution in [2.75, 3.05) is 6.54 Å². The molecule has 1 aromatic carbocycles. The number of amides is 1. The van der Waals surface area contributed by atoms with E-state index in [1.807, 2.05) is 0 Å². The van der Waals surface area contributed by atoms with Crippen molar-refractivity contribution in [3.05, 3.63) is 39.4 Å². The van der Waals surface area contributed by atoms with Gasteiger partial charge in [-0.1, -0.05) is 0 Å². The summed E-state index contributed by atoms with van der Waals surface area (Å²) < 4.78 is 38.1. The molecule has 0 aliphatic heterocycles. The number of nitro groups is 1. The number of nitrogens with one attached hydrogen (secondary N) is 1. The van der Waals surface area contributed by atoms with Crippen LogP contribution in [0.5, 0.6) is 0 Å². The van der Waals surface area contributed by atoms with Gasteiger partial charge >= 0.3 is 6.18 Å². The Labute approximate surface area is 122 Å². The van der Waals surface area contributed by atoms with Crippen molar-refractivity contribution < 1.29 is 33.1 Å². The molecule has 0 fully saturated rings. The Balaban J connectivity index is 3.14. The van der Waals surface area contributed by atoms with Crippen molar-refractivity contribution in [3.63, 3.8) is 0 Å². The number of carbonyl (C=O) groups is 1. The number of benzene rings is 1. The molecule has 2 atom stereocenters. The second-order valence-corrected chi connectivity index (χ2v) is 4.52. The van der Waals surface area contributed by atoms with Gasteiger partial charge in [-0.2, -0.15) is 13.2 Å². The van der Waals surface area contributed by atoms with Gasteiger partial charge in [0, 0.05) is 25.6 Å². The zero-order chi connectivity index (χ0) is 17.1. The second kappa shape index (κ2) is 6.71. The third kappa shape index (κ3) is 4.67. The van der Waals surface area contributed by atoms with E-state index in [-0.39, 0.29) is 0 Å². The van der Waals surface area contributed by atoms with Crippen LogP contribution in [0.3, 0.4) is 0 Å². The maximum atomic E-state index is 12.7. The predicted molar refractivity (Wildman–Crippen MR) is 67.7 cm³/mol. The van der Waals surface area contributed by atoms with Gasteiger partial charge in [0.15, 0.2) is 0 Å². The number of rotatable bonds is 5. The van der Waals surface area contributed by atoms with Gasteiger partial charge in [-0.05, 0) is 11.6 Å². The fourth-order valence-electron chi connectivity index (χ4n) is 1.66. The van der Waals surface area contributed by atoms with Gasteiger partial charge in [0.05, 0.1) is 10.5 Å². The fourth-order valence-corrected chi connectivity index (χ4v) is 1.66. The Hall–Kier alpha value is -2.20. The summed E-state index contributed by atoms with van der Waals surface area (Å²) in [4.78, 5) is 20.3. The van der Waals surface area contributed by atoms with Gasteiger partial charge in [-0.3, -0.25) is 14.9 Å². The van der Waals surface area contributed by atoms with Crippen LogP contribution in [-0.2, 0) is 11.0 Å². The number of aliphatic hydroxyl groups is 2. The summed E-state index contributed by atoms with van der Waals surface area (Å²) in [5.74, 6) is -0.513. The molecule has 10 heteroatoms. The van der Waals surface area contributed by atoms with E-state index in [0.717, 1.165) is 13.0 Å². The number of hydrogen-bond donors (Lipinski definition) is 3. The van der Waals surface area contributed by atoms with Crippen LogP contribution >= 0.6 is 0 Å². The molecule has 22 heavy (non-hydrogen) atoms. The topological polar surface area (TPSA) is 113 Å². The van der Waals surface area contributed by atoms with Crippen LogP contribution in [0.4, 0.5) is 18.9 Å². The molecule has 122 valence electrons. The Bertz CT molecular complexity index is 576. The summed E-state index contributed by atoms with van der Waals surface area (Å²) in [7, 11) is 0. The summed E-state index contributed by atoms with van der Waals surface area (Å²) in [5.41, 5.74) is -2.66. The van der Waals surface area contributed by atoms with E-state index in [0.29, 0.717) is 12.1 Å². The molecule has 2 unspecified atom stereocenters. The molecule has 0 heterocycles. The van der Waals surface area contributed by atoms with Crippen molar-refractivity contribution in [2.45, 2.75) is 25.3 Å². The van der Waals surface area contributed by atoms with Gasteiger partial charge in [0.25, 0.3) is 5.69 Å². The monoisotopic (exact) mass is 322 g/mol. The number of nitrogens with zero attached hydrogens (tertiary/aromatic N) is 1. The minimum atomic E-state index is -4.84. The van der Waals surface area contributed by atoms with Gasteiger partial charge in [0.2, 0.25) is 5.91 Å². The summed E-state index contributed by atoms with van der Waals surface area (Å²) in [6, 6.07) is 1.57. The largest absolute Gasteiger partial charge is 0.416 e. The number of hydrogen-bond acceptors (Lipinski definition) is 5. The zero-order valence-corrected chi connectivity index (χ0v) is 11.3. The van der Waals surface area contributed by atoms with Crippen molar-refractivity contribution >= 4 is 11.6 Å². The first-order valence-corrected chi connectivity index (χ1v) is 5.99. The molecule has 0 aliphatic rings. The number of non-ortho nitro benzene ring substituents is 1. The minimum Gasteiger partial charge on any atom is -0.388 e. The summed E-state index contributed by atoms with van der Waals surface area (Å²) in [6.07, 6.45) is -8.29. The number of aliphatic hydroxyl groups excluding tert-OH is 2. The van der Waals surface area contributed by atoms with Crippen LogP contribution in [-0.4, -0.2) is 33.7 Å². The molecule has 0 radical (unpaired) electrons. The molecule has 0 aliphatic carbocycles. The zero-order valence-electron chi connectivity index (χ0n) is 11.3. The van der Waals surface area contributed by atoms with E-state index in [1.165, 1.54) is 0 Å². The molecule has 0 bridgehead atoms. The standard InChI is InChI=1S/C12H13F3N2O5/c1-6(18)16-5-10(19)11(20)7-2-8(12(13,14)15)4-9(3-7)17(21)22/h2-4,10-11,19-20H,5H2,1H3,(H,16,18). The Morgan fingerprint density at radius 2 is 1.95 bits per heavy atom. The van der Waals surface area contributed by atoms with E-state index in [4.69, 9.17) is 0 Å². The number of nitro benzene ring substituents is 1. The van der Waals surface area contributed by atoms with Crippen LogP contribution in [0, 0.1) is 10.1 Å². The molecule has 0 saturated carbocycles. The molecule has 3 N–H and O–H groups in total. The van der Waals surface area contributed by atoms with E-state index >= 15 is 0 Å². The maximum Gasteiger partial charge on any atom is 0.416 e. The maximum absolute atomic E-state index is 12.7. The summed E-state index contributed by atoms with van der Waals surface area (Å²) in [5, 5.41) is 32.3. The molecule has 1 rings (SSSR count). The molecule has 1 aromatic rings. The van der Waals surface area contributed by atoms with Gasteiger partial charge in [-0.15, -0.1) is 0 Å². The lowest BCUT2D eigenvalue weighted by atomic mass is 10.0. The smallest absolute Gasteiger partial charge is 0.388 e. The highest BCUT2D eigenvalue weighted by Gasteiger charge is 2.34. The number of halogens is 3. The lowest BCUT2D eigenvalue weighted by Crippen LogP contribution is -2.34. The molecule has 0 spiro atoms. The average Bonchev–Trinajstić information content (AvgIpc) is 2.42. The highest BCUT2D eigenvalue weighted by Crippen LogP contribution is 2.34. The third-order valence-corrected chi connectivity index (χ3v) is 2.74. The highest BCUT2D eigenvalue weighted by molar-refractivity contribution is 5.72. The normalized spacial score (nSPS) is 14.3. The number of alkyl halides is 3. The Morgan fingerprint density at radius 3 is 2.41 bits per heavy atom. The highest BCUT2D eigenvalue weighted by atomic mass is 19.4. The van der Waals surface area contributed by atoms with Gasteiger partial charge < -0.3 is 15.5 Å². The lowest BCUT2D eigenvalue weighted by Gasteiger charge is -2.19. The molecular formula is C12H13F3N2O5. The van der Waals surface area contributed by atoms with E-state index in [9.17, 15) is 38.3 Å². The van der Waals surface area contributed by atoms with E-state index in [2.05, 4.69) is 5.32 Å². The van der Waals surface area contributed by atoms with Crippen LogP contribution in [0.1, 0.15) is 24.2 Å². The number of carbonyl (C=O) groups excluding carboxylic acids is 1. The molecular weight excluding hydrogens is 309 g/mol. The summed E-state index contributed by atoms with van der Waals surface area (Å²) >= 11 is 0. The van der Waals surface area contributed by atoms with Crippen LogP contribution in [0.15, 0.2) is 18.2 Å². The Kier molecular flexibility index (Phi) is 5.44. The van der Waals surface area contributed by atoms with E-state index in [1.54, 1.807) is 0 Å². The Morgan fingerprint density at radius 1 is 1.36 bits per heavy atom. The molecule has 7 nitrogen and oxygen atoms in total. The first-order chi connectivity index (χ1) is 10.0. The summed E-state index contributed by atoms with van der Waals surface area (Å²) in [6.45, 7) is 0.731. The lowest BCUT2D eigenvalue weighted by molar-refractivity contribution is -0.385. The molecule has 1 amide bonds. The van der Waals surface area contributed by atoms with Crippen LogP contribution in [0.2, 0.25) is 0 Å². The van der Waals surface area contributed by atoms with Crippen LogP contribution in [0.25, 0.3) is 0 Å². The predicted octanol–water partition coefficient (Wildman–Crippen LogP) is 1.14. The third-order valence-electron chi connectivity index (χ3n) is 2.74. The van der Waals surface area contributed by atoms with Crippen molar-refractivity contribution in [3.8, 4) is 0 Å². The SMILES string of the molecule is CC(=O)NCC(O)C(O)c1cc([N+](=O)[O-])cc(C(F)(F)F)c1. The molecule has 0 saturated heterocycles. The van der Waals surface area contributed by atoms with Gasteiger partial charge in [0.1, 0.15) is 12.2 Å². The first-order valence-electron chi connectivity index (χ1n) is 5.99. The van der Waals surface area contributed by atoms with Crippen molar-refractivity contribution in [1.29, 1.82) is 0 Å². The van der Waals surface area contributed by atoms with E-state index < -0.39 is 52.6 Å². The van der Waals surface area contributed by atoms with Crippen LogP contribution < -0.4 is 5.32 Å². The van der Waals surface area contributed by atoms with Gasteiger partial charge in [-0.25, -0.2) is 0 Å². The minimum absolute atomic E-state index is 0.330. The van der Waals surface area contributed by atoms with Crippen molar-refractivity contribution in [1.82, 2.24) is 5.32 Å². The quantitative estimate of drug-likeness (QED) is 0.556. The first kappa shape index (κ1) is 17.9.